The van der Waals surface area contributed by atoms with E-state index in [4.69, 9.17) is 16.3 Å². The number of benzene rings is 1. The standard InChI is InChI=1S/C14H18ClNO2/c1-10(13(17)18-14(2,3)4)16-9-11-5-7-12(15)8-6-11/h5-10H,1-4H3/b16-9+. The molecule has 0 bridgehead atoms. The Morgan fingerprint density at radius 2 is 1.89 bits per heavy atom. The maximum Gasteiger partial charge on any atom is 0.331 e. The zero-order valence-corrected chi connectivity index (χ0v) is 11.9. The first kappa shape index (κ1) is 14.7. The average Bonchev–Trinajstić information content (AvgIpc) is 2.25. The number of nitrogens with zero attached hydrogens (tertiary/aromatic N) is 1. The molecule has 0 heterocycles. The Kier molecular flexibility index (Phi) is 4.91. The van der Waals surface area contributed by atoms with Crippen molar-refractivity contribution in [2.75, 3.05) is 0 Å². The van der Waals surface area contributed by atoms with Gasteiger partial charge in [0.2, 0.25) is 0 Å². The summed E-state index contributed by atoms with van der Waals surface area (Å²) in [5.74, 6) is -0.326. The summed E-state index contributed by atoms with van der Waals surface area (Å²) in [6.45, 7) is 7.21. The van der Waals surface area contributed by atoms with Crippen LogP contribution in [0.25, 0.3) is 0 Å². The molecule has 1 atom stereocenters. The highest BCUT2D eigenvalue weighted by atomic mass is 35.5. The molecule has 1 aromatic carbocycles. The van der Waals surface area contributed by atoms with Crippen molar-refractivity contribution in [1.29, 1.82) is 0 Å². The van der Waals surface area contributed by atoms with Gasteiger partial charge in [0.25, 0.3) is 0 Å². The third-order valence-electron chi connectivity index (χ3n) is 2.07. The van der Waals surface area contributed by atoms with E-state index in [1.165, 1.54) is 0 Å². The number of rotatable bonds is 3. The molecule has 0 aromatic heterocycles. The van der Waals surface area contributed by atoms with Gasteiger partial charge in [0.15, 0.2) is 0 Å². The summed E-state index contributed by atoms with van der Waals surface area (Å²) in [6, 6.07) is 6.73. The summed E-state index contributed by atoms with van der Waals surface area (Å²) < 4.78 is 5.23. The van der Waals surface area contributed by atoms with E-state index >= 15 is 0 Å². The Balaban J connectivity index is 2.61. The maximum atomic E-state index is 11.7. The van der Waals surface area contributed by atoms with Crippen molar-refractivity contribution in [2.45, 2.75) is 39.3 Å². The fourth-order valence-corrected chi connectivity index (χ4v) is 1.32. The predicted octanol–water partition coefficient (Wildman–Crippen LogP) is 3.49. The van der Waals surface area contributed by atoms with Crippen molar-refractivity contribution in [2.24, 2.45) is 4.99 Å². The number of halogens is 1. The van der Waals surface area contributed by atoms with E-state index in [0.717, 1.165) is 5.56 Å². The van der Waals surface area contributed by atoms with Crippen molar-refractivity contribution < 1.29 is 9.53 Å². The van der Waals surface area contributed by atoms with Gasteiger partial charge in [0.05, 0.1) is 0 Å². The first-order valence-electron chi connectivity index (χ1n) is 5.79. The molecule has 0 saturated carbocycles. The van der Waals surface area contributed by atoms with E-state index in [-0.39, 0.29) is 5.97 Å². The Labute approximate surface area is 113 Å². The van der Waals surface area contributed by atoms with Crippen LogP contribution in [0.2, 0.25) is 5.02 Å². The Hall–Kier alpha value is -1.35. The first-order chi connectivity index (χ1) is 8.28. The van der Waals surface area contributed by atoms with Crippen LogP contribution in [-0.2, 0) is 9.53 Å². The van der Waals surface area contributed by atoms with E-state index < -0.39 is 11.6 Å². The molecule has 18 heavy (non-hydrogen) atoms. The summed E-state index contributed by atoms with van der Waals surface area (Å²) in [7, 11) is 0. The predicted molar refractivity (Wildman–Crippen MR) is 74.4 cm³/mol. The van der Waals surface area contributed by atoms with E-state index in [9.17, 15) is 4.79 Å². The molecule has 0 aliphatic rings. The van der Waals surface area contributed by atoms with Crippen LogP contribution < -0.4 is 0 Å². The number of hydrogen-bond acceptors (Lipinski definition) is 3. The topological polar surface area (TPSA) is 38.7 Å². The fourth-order valence-electron chi connectivity index (χ4n) is 1.19. The molecule has 1 unspecified atom stereocenters. The fraction of sp³-hybridized carbons (Fsp3) is 0.429. The van der Waals surface area contributed by atoms with E-state index in [2.05, 4.69) is 4.99 Å². The summed E-state index contributed by atoms with van der Waals surface area (Å²) in [5.41, 5.74) is 0.413. The molecule has 0 N–H and O–H groups in total. The van der Waals surface area contributed by atoms with Crippen molar-refractivity contribution in [1.82, 2.24) is 0 Å². The van der Waals surface area contributed by atoms with Crippen molar-refractivity contribution >= 4 is 23.8 Å². The van der Waals surface area contributed by atoms with Crippen LogP contribution in [0.1, 0.15) is 33.3 Å². The van der Waals surface area contributed by atoms with Gasteiger partial charge in [-0.25, -0.2) is 4.79 Å². The molecule has 0 radical (unpaired) electrons. The van der Waals surface area contributed by atoms with Crippen LogP contribution in [0.3, 0.4) is 0 Å². The number of aliphatic imine (C=N–C) groups is 1. The zero-order valence-electron chi connectivity index (χ0n) is 11.1. The summed E-state index contributed by atoms with van der Waals surface area (Å²) >= 11 is 5.78. The first-order valence-corrected chi connectivity index (χ1v) is 6.17. The normalized spacial score (nSPS) is 13.6. The quantitative estimate of drug-likeness (QED) is 0.621. The third-order valence-corrected chi connectivity index (χ3v) is 2.32. The van der Waals surface area contributed by atoms with Crippen LogP contribution in [0.4, 0.5) is 0 Å². The molecule has 0 fully saturated rings. The van der Waals surface area contributed by atoms with Gasteiger partial charge in [-0.05, 0) is 45.4 Å². The second-order valence-corrected chi connectivity index (χ2v) is 5.48. The highest BCUT2D eigenvalue weighted by molar-refractivity contribution is 6.30. The molecule has 4 heteroatoms. The summed E-state index contributed by atoms with van der Waals surface area (Å²) in [4.78, 5) is 15.8. The van der Waals surface area contributed by atoms with Crippen LogP contribution in [0.15, 0.2) is 29.3 Å². The van der Waals surface area contributed by atoms with Gasteiger partial charge < -0.3 is 4.74 Å². The highest BCUT2D eigenvalue weighted by Gasteiger charge is 2.20. The van der Waals surface area contributed by atoms with Crippen LogP contribution in [-0.4, -0.2) is 23.8 Å². The lowest BCUT2D eigenvalue weighted by Gasteiger charge is -2.20. The third kappa shape index (κ3) is 5.32. The molecule has 0 aliphatic heterocycles. The Bertz CT molecular complexity index is 432. The van der Waals surface area contributed by atoms with Gasteiger partial charge in [0, 0.05) is 11.2 Å². The SMILES string of the molecule is CC(/N=C/c1ccc(Cl)cc1)C(=O)OC(C)(C)C. The molecule has 0 aliphatic carbocycles. The minimum atomic E-state index is -0.514. The molecule has 1 rings (SSSR count). The van der Waals surface area contributed by atoms with E-state index in [1.807, 2.05) is 32.9 Å². The lowest BCUT2D eigenvalue weighted by atomic mass is 10.2. The average molecular weight is 268 g/mol. The van der Waals surface area contributed by atoms with E-state index in [0.29, 0.717) is 5.02 Å². The second kappa shape index (κ2) is 6.01. The largest absolute Gasteiger partial charge is 0.458 e. The van der Waals surface area contributed by atoms with Crippen molar-refractivity contribution in [3.63, 3.8) is 0 Å². The van der Waals surface area contributed by atoms with Crippen LogP contribution >= 0.6 is 11.6 Å². The maximum absolute atomic E-state index is 11.7. The molecule has 0 spiro atoms. The number of hydrogen-bond donors (Lipinski definition) is 0. The molecule has 1 aromatic rings. The lowest BCUT2D eigenvalue weighted by Crippen LogP contribution is -2.29. The van der Waals surface area contributed by atoms with Crippen LogP contribution in [0.5, 0.6) is 0 Å². The smallest absolute Gasteiger partial charge is 0.331 e. The van der Waals surface area contributed by atoms with Gasteiger partial charge in [-0.1, -0.05) is 23.7 Å². The number of esters is 1. The minimum absolute atomic E-state index is 0.326. The summed E-state index contributed by atoms with van der Waals surface area (Å²) in [5, 5.41) is 0.673. The monoisotopic (exact) mass is 267 g/mol. The zero-order chi connectivity index (χ0) is 13.8. The number of carbonyl (C=O) groups is 1. The Morgan fingerprint density at radius 1 is 1.33 bits per heavy atom. The molecule has 0 amide bonds. The van der Waals surface area contributed by atoms with Gasteiger partial charge in [-0.15, -0.1) is 0 Å². The molecular formula is C14H18ClNO2. The van der Waals surface area contributed by atoms with Crippen LogP contribution in [0, 0.1) is 0 Å². The minimum Gasteiger partial charge on any atom is -0.458 e. The van der Waals surface area contributed by atoms with Gasteiger partial charge in [0.1, 0.15) is 11.6 Å². The van der Waals surface area contributed by atoms with Gasteiger partial charge in [-0.2, -0.15) is 0 Å². The highest BCUT2D eigenvalue weighted by Crippen LogP contribution is 2.10. The number of carbonyl (C=O) groups excluding carboxylic acids is 1. The van der Waals surface area contributed by atoms with E-state index in [1.54, 1.807) is 25.3 Å². The van der Waals surface area contributed by atoms with Gasteiger partial charge >= 0.3 is 5.97 Å². The van der Waals surface area contributed by atoms with Crippen molar-refractivity contribution in [3.8, 4) is 0 Å². The Morgan fingerprint density at radius 3 is 2.39 bits per heavy atom. The molecule has 0 saturated heterocycles. The number of ether oxygens (including phenoxy) is 1. The molecule has 3 nitrogen and oxygen atoms in total. The van der Waals surface area contributed by atoms with Gasteiger partial charge in [-0.3, -0.25) is 4.99 Å². The second-order valence-electron chi connectivity index (χ2n) is 5.04. The van der Waals surface area contributed by atoms with Crippen molar-refractivity contribution in [3.05, 3.63) is 34.9 Å². The summed E-state index contributed by atoms with van der Waals surface area (Å²) in [6.07, 6.45) is 1.64. The molecule has 98 valence electrons. The lowest BCUT2D eigenvalue weighted by molar-refractivity contribution is -0.155. The molecular weight excluding hydrogens is 250 g/mol.